The molecule has 0 aliphatic carbocycles. The number of aliphatic hydroxyl groups excluding tert-OH is 1. The summed E-state index contributed by atoms with van der Waals surface area (Å²) in [5.74, 6) is -2.22. The smallest absolute Gasteiger partial charge is 0.259 e. The van der Waals surface area contributed by atoms with E-state index in [0.29, 0.717) is 24.3 Å². The Kier molecular flexibility index (Phi) is 3.77. The minimum atomic E-state index is -1.04. The normalized spacial score (nSPS) is 16.6. The van der Waals surface area contributed by atoms with E-state index < -0.39 is 23.6 Å². The first-order valence-corrected chi connectivity index (χ1v) is 6.76. The number of anilines is 1. The maximum absolute atomic E-state index is 13.2. The molecule has 0 saturated carbocycles. The Hall–Kier alpha value is -2.47. The molecule has 2 aromatic carbocycles. The third-order valence-corrected chi connectivity index (χ3v) is 3.46. The lowest BCUT2D eigenvalue weighted by atomic mass is 9.99. The molecule has 0 spiro atoms. The molecule has 0 radical (unpaired) electrons. The number of ether oxygens (including phenoxy) is 1. The summed E-state index contributed by atoms with van der Waals surface area (Å²) < 4.78 is 31.5. The number of benzene rings is 2. The number of carbonyl (C=O) groups is 1. The molecule has 0 fully saturated rings. The van der Waals surface area contributed by atoms with Crippen LogP contribution in [0, 0.1) is 11.6 Å². The number of halogens is 2. The fourth-order valence-electron chi connectivity index (χ4n) is 2.36. The van der Waals surface area contributed by atoms with Gasteiger partial charge in [-0.25, -0.2) is 8.78 Å². The van der Waals surface area contributed by atoms with E-state index >= 15 is 0 Å². The van der Waals surface area contributed by atoms with Crippen LogP contribution in [0.25, 0.3) is 0 Å². The Labute approximate surface area is 125 Å². The lowest BCUT2D eigenvalue weighted by Gasteiger charge is -2.24. The van der Waals surface area contributed by atoms with Gasteiger partial charge in [-0.2, -0.15) is 0 Å². The number of carbonyl (C=O) groups excluding carboxylic acids is 1. The zero-order valence-electron chi connectivity index (χ0n) is 11.5. The van der Waals surface area contributed by atoms with Crippen molar-refractivity contribution in [1.82, 2.24) is 0 Å². The first-order chi connectivity index (χ1) is 10.6. The fourth-order valence-corrected chi connectivity index (χ4v) is 2.36. The second kappa shape index (κ2) is 5.73. The molecule has 0 saturated heterocycles. The molecule has 4 nitrogen and oxygen atoms in total. The van der Waals surface area contributed by atoms with Gasteiger partial charge in [0.2, 0.25) is 0 Å². The molecule has 1 atom stereocenters. The van der Waals surface area contributed by atoms with Gasteiger partial charge in [-0.15, -0.1) is 0 Å². The maximum atomic E-state index is 13.2. The van der Waals surface area contributed by atoms with E-state index in [1.165, 1.54) is 6.07 Å². The highest BCUT2D eigenvalue weighted by Gasteiger charge is 2.24. The molecule has 2 N–H and O–H groups in total. The Morgan fingerprint density at radius 2 is 2.05 bits per heavy atom. The van der Waals surface area contributed by atoms with Crippen LogP contribution in [0.1, 0.15) is 28.4 Å². The zero-order chi connectivity index (χ0) is 15.7. The molecule has 1 heterocycles. The highest BCUT2D eigenvalue weighted by Crippen LogP contribution is 2.35. The average molecular weight is 305 g/mol. The van der Waals surface area contributed by atoms with Gasteiger partial charge in [-0.05, 0) is 18.2 Å². The van der Waals surface area contributed by atoms with Crippen LogP contribution in [-0.4, -0.2) is 17.6 Å². The fraction of sp³-hybridized carbons (Fsp3) is 0.188. The van der Waals surface area contributed by atoms with Crippen LogP contribution in [0.3, 0.4) is 0 Å². The van der Waals surface area contributed by atoms with Crippen LogP contribution in [0.4, 0.5) is 14.5 Å². The van der Waals surface area contributed by atoms with Gasteiger partial charge in [0.05, 0.1) is 18.3 Å². The van der Waals surface area contributed by atoms with Gasteiger partial charge >= 0.3 is 0 Å². The largest absolute Gasteiger partial charge is 0.492 e. The quantitative estimate of drug-likeness (QED) is 0.896. The molecule has 1 aliphatic rings. The molecule has 6 heteroatoms. The standard InChI is InChI=1S/C16H13F2NO3/c17-12-5-4-9(8-13(12)18)19-16(21)11-3-1-2-10-14(20)6-7-22-15(10)11/h1-5,8,14,20H,6-7H2,(H,19,21)/t14-/m1/s1. The molecule has 0 bridgehead atoms. The van der Waals surface area contributed by atoms with Crippen molar-refractivity contribution in [2.75, 3.05) is 11.9 Å². The number of para-hydroxylation sites is 1. The summed E-state index contributed by atoms with van der Waals surface area (Å²) >= 11 is 0. The minimum absolute atomic E-state index is 0.137. The van der Waals surface area contributed by atoms with Crippen LogP contribution in [0.15, 0.2) is 36.4 Å². The van der Waals surface area contributed by atoms with Crippen LogP contribution >= 0.6 is 0 Å². The molecule has 22 heavy (non-hydrogen) atoms. The Bertz CT molecular complexity index is 733. The molecule has 3 rings (SSSR count). The van der Waals surface area contributed by atoms with E-state index in [-0.39, 0.29) is 11.3 Å². The summed E-state index contributed by atoms with van der Waals surface area (Å²) in [6, 6.07) is 7.97. The molecule has 1 amide bonds. The molecule has 0 aromatic heterocycles. The number of aliphatic hydroxyl groups is 1. The predicted molar refractivity (Wildman–Crippen MR) is 75.8 cm³/mol. The molecule has 0 unspecified atom stereocenters. The molecule has 1 aliphatic heterocycles. The summed E-state index contributed by atoms with van der Waals surface area (Å²) in [7, 11) is 0. The number of amides is 1. The van der Waals surface area contributed by atoms with Crippen molar-refractivity contribution < 1.29 is 23.4 Å². The Morgan fingerprint density at radius 1 is 1.23 bits per heavy atom. The summed E-state index contributed by atoms with van der Waals surface area (Å²) in [5, 5.41) is 12.4. The number of nitrogens with one attached hydrogen (secondary N) is 1. The second-order valence-electron chi connectivity index (χ2n) is 4.96. The molecular weight excluding hydrogens is 292 g/mol. The van der Waals surface area contributed by atoms with Gasteiger partial charge in [0, 0.05) is 23.7 Å². The van der Waals surface area contributed by atoms with Crippen molar-refractivity contribution in [3.05, 3.63) is 59.2 Å². The van der Waals surface area contributed by atoms with Crippen LogP contribution < -0.4 is 10.1 Å². The summed E-state index contributed by atoms with van der Waals surface area (Å²) in [6.07, 6.45) is -0.221. The van der Waals surface area contributed by atoms with E-state index in [4.69, 9.17) is 4.74 Å². The predicted octanol–water partition coefficient (Wildman–Crippen LogP) is 3.03. The summed E-state index contributed by atoms with van der Waals surface area (Å²) in [4.78, 5) is 12.3. The topological polar surface area (TPSA) is 58.6 Å². The van der Waals surface area contributed by atoms with Gasteiger partial charge in [0.1, 0.15) is 5.75 Å². The van der Waals surface area contributed by atoms with Gasteiger partial charge < -0.3 is 15.2 Å². The second-order valence-corrected chi connectivity index (χ2v) is 4.96. The van der Waals surface area contributed by atoms with Crippen LogP contribution in [-0.2, 0) is 0 Å². The Balaban J connectivity index is 1.89. The number of fused-ring (bicyclic) bond motifs is 1. The van der Waals surface area contributed by atoms with Crippen LogP contribution in [0.2, 0.25) is 0 Å². The lowest BCUT2D eigenvalue weighted by Crippen LogP contribution is -2.19. The monoisotopic (exact) mass is 305 g/mol. The molecular formula is C16H13F2NO3. The van der Waals surface area contributed by atoms with E-state index in [1.807, 2.05) is 0 Å². The Morgan fingerprint density at radius 3 is 2.82 bits per heavy atom. The molecule has 114 valence electrons. The highest BCUT2D eigenvalue weighted by atomic mass is 19.2. The van der Waals surface area contributed by atoms with Crippen molar-refractivity contribution in [3.8, 4) is 5.75 Å². The highest BCUT2D eigenvalue weighted by molar-refractivity contribution is 6.06. The van der Waals surface area contributed by atoms with Crippen molar-refractivity contribution in [1.29, 1.82) is 0 Å². The number of hydrogen-bond acceptors (Lipinski definition) is 3. The number of rotatable bonds is 2. The van der Waals surface area contributed by atoms with E-state index in [2.05, 4.69) is 5.32 Å². The first-order valence-electron chi connectivity index (χ1n) is 6.76. The summed E-state index contributed by atoms with van der Waals surface area (Å²) in [5.41, 5.74) is 0.919. The summed E-state index contributed by atoms with van der Waals surface area (Å²) in [6.45, 7) is 0.309. The zero-order valence-corrected chi connectivity index (χ0v) is 11.5. The van der Waals surface area contributed by atoms with Crippen molar-refractivity contribution in [2.45, 2.75) is 12.5 Å². The number of hydrogen-bond donors (Lipinski definition) is 2. The van der Waals surface area contributed by atoms with Gasteiger partial charge in [-0.3, -0.25) is 4.79 Å². The first kappa shape index (κ1) is 14.5. The van der Waals surface area contributed by atoms with Gasteiger partial charge in [0.15, 0.2) is 11.6 Å². The van der Waals surface area contributed by atoms with E-state index in [0.717, 1.165) is 12.1 Å². The maximum Gasteiger partial charge on any atom is 0.259 e. The third kappa shape index (κ3) is 2.65. The van der Waals surface area contributed by atoms with Crippen LogP contribution in [0.5, 0.6) is 5.75 Å². The van der Waals surface area contributed by atoms with Gasteiger partial charge in [0.25, 0.3) is 5.91 Å². The lowest BCUT2D eigenvalue weighted by molar-refractivity contribution is 0.0997. The van der Waals surface area contributed by atoms with Crippen molar-refractivity contribution in [3.63, 3.8) is 0 Å². The molecule has 2 aromatic rings. The third-order valence-electron chi connectivity index (χ3n) is 3.46. The average Bonchev–Trinajstić information content (AvgIpc) is 2.51. The van der Waals surface area contributed by atoms with Crippen molar-refractivity contribution >= 4 is 11.6 Å². The van der Waals surface area contributed by atoms with E-state index in [1.54, 1.807) is 18.2 Å². The van der Waals surface area contributed by atoms with E-state index in [9.17, 15) is 18.7 Å². The minimum Gasteiger partial charge on any atom is -0.492 e. The van der Waals surface area contributed by atoms with Gasteiger partial charge in [-0.1, -0.05) is 12.1 Å². The van der Waals surface area contributed by atoms with Crippen molar-refractivity contribution in [2.24, 2.45) is 0 Å². The SMILES string of the molecule is O=C(Nc1ccc(F)c(F)c1)c1cccc2c1OCC[C@H]2O.